The maximum Gasteiger partial charge on any atom is 0.481 e. The molecule has 1 saturated heterocycles. The van der Waals surface area contributed by atoms with E-state index in [1.807, 2.05) is 0 Å². The van der Waals surface area contributed by atoms with Crippen molar-refractivity contribution in [2.75, 3.05) is 12.3 Å². The van der Waals surface area contributed by atoms with Crippen LogP contribution in [-0.2, 0) is 22.7 Å². The summed E-state index contributed by atoms with van der Waals surface area (Å²) in [4.78, 5) is 41.4. The summed E-state index contributed by atoms with van der Waals surface area (Å²) in [5, 5.41) is 10.0. The van der Waals surface area contributed by atoms with Crippen LogP contribution in [0.3, 0.4) is 0 Å². The van der Waals surface area contributed by atoms with Crippen LogP contribution in [0.25, 0.3) is 0 Å². The van der Waals surface area contributed by atoms with Crippen molar-refractivity contribution in [1.29, 1.82) is 0 Å². The number of aliphatic hydroxyl groups is 1. The minimum atomic E-state index is -5.33. The summed E-state index contributed by atoms with van der Waals surface area (Å²) in [5.41, 5.74) is 4.00. The smallest absolute Gasteiger partial charge is 0.386 e. The van der Waals surface area contributed by atoms with E-state index in [0.717, 1.165) is 10.8 Å². The van der Waals surface area contributed by atoms with Gasteiger partial charge in [0, 0.05) is 11.8 Å². The summed E-state index contributed by atoms with van der Waals surface area (Å²) < 4.78 is 49.0. The van der Waals surface area contributed by atoms with E-state index >= 15 is 0 Å². The molecule has 4 atom stereocenters. The number of nitrogens with zero attached hydrogens (tertiary/aromatic N) is 2. The highest BCUT2D eigenvalue weighted by Crippen LogP contribution is 2.57. The summed E-state index contributed by atoms with van der Waals surface area (Å²) >= 11 is 0. The van der Waals surface area contributed by atoms with Crippen LogP contribution < -0.4 is 11.4 Å². The topological polar surface area (TPSA) is 204 Å². The van der Waals surface area contributed by atoms with Crippen LogP contribution in [-0.4, -0.2) is 48.2 Å². The second-order valence-corrected chi connectivity index (χ2v) is 7.79. The van der Waals surface area contributed by atoms with Crippen LogP contribution in [0.5, 0.6) is 0 Å². The molecule has 26 heavy (non-hydrogen) atoms. The van der Waals surface area contributed by atoms with E-state index in [1.54, 1.807) is 0 Å². The van der Waals surface area contributed by atoms with Crippen LogP contribution in [0.2, 0.25) is 0 Å². The molecule has 2 rings (SSSR count). The number of aliphatic hydroxyl groups excluding tert-OH is 1. The fraction of sp³-hybridized carbons (Fsp3) is 0.400. The molecule has 2 heterocycles. The van der Waals surface area contributed by atoms with Crippen molar-refractivity contribution in [3.63, 3.8) is 0 Å². The third kappa shape index (κ3) is 5.04. The molecular weight excluding hydrogens is 403 g/mol. The van der Waals surface area contributed by atoms with Crippen LogP contribution in [0.1, 0.15) is 6.23 Å². The van der Waals surface area contributed by atoms with Gasteiger partial charge in [0.2, 0.25) is 0 Å². The molecule has 1 aromatic rings. The number of aromatic nitrogens is 2. The largest absolute Gasteiger partial charge is 0.481 e. The molecule has 1 aliphatic rings. The number of hydrogen-bond donors (Lipinski definition) is 5. The minimum absolute atomic E-state index is 0.0250. The Kier molecular flexibility index (Phi) is 6.13. The van der Waals surface area contributed by atoms with E-state index in [1.165, 1.54) is 6.07 Å². The average Bonchev–Trinajstić information content (AvgIpc) is 2.79. The summed E-state index contributed by atoms with van der Waals surface area (Å²) in [6, 6.07) is 1.21. The van der Waals surface area contributed by atoms with Crippen molar-refractivity contribution >= 4 is 21.5 Å². The normalized spacial score (nSPS) is 27.6. The second-order valence-electron chi connectivity index (χ2n) is 4.96. The average molecular weight is 417 g/mol. The van der Waals surface area contributed by atoms with Crippen molar-refractivity contribution in [1.82, 2.24) is 9.55 Å². The van der Waals surface area contributed by atoms with Gasteiger partial charge in [-0.2, -0.15) is 9.29 Å². The lowest BCUT2D eigenvalue weighted by molar-refractivity contribution is -0.0438. The van der Waals surface area contributed by atoms with Crippen LogP contribution in [0, 0.1) is 0 Å². The number of phosphoric acid groups is 2. The predicted octanol–water partition coefficient (Wildman–Crippen LogP) is -0.837. The first-order valence-corrected chi connectivity index (χ1v) is 9.68. The first-order valence-electron chi connectivity index (χ1n) is 6.66. The van der Waals surface area contributed by atoms with Crippen LogP contribution in [0.4, 0.5) is 10.2 Å². The maximum atomic E-state index is 13.1. The van der Waals surface area contributed by atoms with Crippen molar-refractivity contribution in [3.05, 3.63) is 34.7 Å². The number of hydrogen-bond acceptors (Lipinski definition) is 9. The molecule has 0 saturated carbocycles. The Hall–Kier alpha value is -1.47. The van der Waals surface area contributed by atoms with Gasteiger partial charge in [0.05, 0.1) is 12.9 Å². The highest BCUT2D eigenvalue weighted by molar-refractivity contribution is 7.60. The highest BCUT2D eigenvalue weighted by atomic mass is 31.3. The van der Waals surface area contributed by atoms with Crippen molar-refractivity contribution in [2.45, 2.75) is 18.4 Å². The molecule has 0 aliphatic carbocycles. The van der Waals surface area contributed by atoms with Gasteiger partial charge in [0.15, 0.2) is 6.23 Å². The van der Waals surface area contributed by atoms with Crippen LogP contribution >= 0.6 is 15.6 Å². The van der Waals surface area contributed by atoms with E-state index in [2.05, 4.69) is 13.8 Å². The molecule has 146 valence electrons. The summed E-state index contributed by atoms with van der Waals surface area (Å²) in [5.74, 6) is -0.105. The van der Waals surface area contributed by atoms with Gasteiger partial charge in [-0.3, -0.25) is 9.09 Å². The van der Waals surface area contributed by atoms with E-state index < -0.39 is 52.0 Å². The summed E-state index contributed by atoms with van der Waals surface area (Å²) in [6.07, 6.45) is -3.52. The fourth-order valence-corrected chi connectivity index (χ4v) is 3.68. The zero-order chi connectivity index (χ0) is 19.7. The SMILES string of the molecule is Nc1ccn([C@@H]2O[C@H](COP(=O)(O)OP(=O)(O)O)[C@@H](O)/C2=C\F)c(=O)n1. The van der Waals surface area contributed by atoms with Crippen molar-refractivity contribution in [2.24, 2.45) is 0 Å². The van der Waals surface area contributed by atoms with Gasteiger partial charge in [-0.25, -0.2) is 18.3 Å². The standard InChI is InChI=1S/C10H14FN3O10P2/c11-3-5-8(15)6(4-22-26(20,21)24-25(17,18)19)23-9(5)14-2-1-7(12)13-10(14)16/h1-3,6,8-9,15H,4H2,(H,20,21)(H2,12,13,16)(H2,17,18,19)/b5-3+/t6-,8+,9-/m1/s1. The molecule has 13 nitrogen and oxygen atoms in total. The van der Waals surface area contributed by atoms with Crippen molar-refractivity contribution < 1.29 is 46.9 Å². The van der Waals surface area contributed by atoms with Gasteiger partial charge in [-0.1, -0.05) is 0 Å². The lowest BCUT2D eigenvalue weighted by atomic mass is 10.1. The van der Waals surface area contributed by atoms with Crippen LogP contribution in [0.15, 0.2) is 29.0 Å². The number of nitrogens with two attached hydrogens (primary N) is 1. The molecule has 0 bridgehead atoms. The molecule has 16 heteroatoms. The van der Waals surface area contributed by atoms with Crippen molar-refractivity contribution in [3.8, 4) is 0 Å². The number of ether oxygens (including phenoxy) is 1. The quantitative estimate of drug-likeness (QED) is 0.360. The molecule has 0 amide bonds. The van der Waals surface area contributed by atoms with E-state index in [9.17, 15) is 28.3 Å². The molecule has 1 fully saturated rings. The molecule has 1 aromatic heterocycles. The minimum Gasteiger partial charge on any atom is -0.386 e. The summed E-state index contributed by atoms with van der Waals surface area (Å²) in [6.45, 7) is -0.917. The van der Waals surface area contributed by atoms with E-state index in [-0.39, 0.29) is 12.1 Å². The molecule has 0 aromatic carbocycles. The number of halogens is 1. The van der Waals surface area contributed by atoms with Gasteiger partial charge in [-0.15, -0.1) is 0 Å². The number of nitrogen functional groups attached to an aromatic ring is 1. The zero-order valence-corrected chi connectivity index (χ0v) is 14.4. The van der Waals surface area contributed by atoms with Gasteiger partial charge < -0.3 is 30.3 Å². The lowest BCUT2D eigenvalue weighted by Gasteiger charge is -2.17. The van der Waals surface area contributed by atoms with Gasteiger partial charge in [0.1, 0.15) is 18.0 Å². The fourth-order valence-electron chi connectivity index (χ4n) is 2.08. The Morgan fingerprint density at radius 3 is 2.62 bits per heavy atom. The molecular formula is C10H14FN3O10P2. The highest BCUT2D eigenvalue weighted by Gasteiger charge is 2.43. The van der Waals surface area contributed by atoms with Gasteiger partial charge >= 0.3 is 21.3 Å². The molecule has 6 N–H and O–H groups in total. The maximum absolute atomic E-state index is 13.1. The molecule has 1 unspecified atom stereocenters. The number of anilines is 1. The Labute approximate surface area is 144 Å². The number of phosphoric ester groups is 1. The number of rotatable bonds is 6. The van der Waals surface area contributed by atoms with E-state index in [0.29, 0.717) is 0 Å². The lowest BCUT2D eigenvalue weighted by Crippen LogP contribution is -2.28. The predicted molar refractivity (Wildman–Crippen MR) is 80.9 cm³/mol. The van der Waals surface area contributed by atoms with Gasteiger partial charge in [-0.05, 0) is 6.07 Å². The monoisotopic (exact) mass is 417 g/mol. The third-order valence-electron chi connectivity index (χ3n) is 3.12. The van der Waals surface area contributed by atoms with Gasteiger partial charge in [0.25, 0.3) is 0 Å². The molecule has 0 radical (unpaired) electrons. The Bertz CT molecular complexity index is 854. The summed E-state index contributed by atoms with van der Waals surface area (Å²) in [7, 11) is -10.5. The Balaban J connectivity index is 2.16. The second kappa shape index (κ2) is 7.64. The molecule has 1 aliphatic heterocycles. The third-order valence-corrected chi connectivity index (χ3v) is 5.28. The van der Waals surface area contributed by atoms with E-state index in [4.69, 9.17) is 20.3 Å². The first kappa shape index (κ1) is 20.8. The first-order chi connectivity index (χ1) is 11.9. The molecule has 0 spiro atoms. The zero-order valence-electron chi connectivity index (χ0n) is 12.7. The Morgan fingerprint density at radius 2 is 2.08 bits per heavy atom. The Morgan fingerprint density at radius 1 is 1.42 bits per heavy atom.